The molecule has 0 heterocycles. The Kier molecular flexibility index (Phi) is 4.39. The first-order valence-electron chi connectivity index (χ1n) is 4.90. The van der Waals surface area contributed by atoms with Crippen LogP contribution in [-0.2, 0) is 6.54 Å². The van der Waals surface area contributed by atoms with Crippen LogP contribution in [0.15, 0.2) is 12.1 Å². The van der Waals surface area contributed by atoms with Crippen molar-refractivity contribution in [3.8, 4) is 11.5 Å². The van der Waals surface area contributed by atoms with Crippen molar-refractivity contribution in [1.29, 1.82) is 0 Å². The van der Waals surface area contributed by atoms with E-state index in [1.165, 1.54) is 0 Å². The van der Waals surface area contributed by atoms with Crippen molar-refractivity contribution < 1.29 is 14.7 Å². The summed E-state index contributed by atoms with van der Waals surface area (Å²) >= 11 is 0. The highest BCUT2D eigenvalue weighted by molar-refractivity contribution is 5.45. The van der Waals surface area contributed by atoms with Gasteiger partial charge in [0.15, 0.2) is 0 Å². The van der Waals surface area contributed by atoms with Crippen molar-refractivity contribution in [3.05, 3.63) is 23.3 Å². The number of methoxy groups -OCH3 is 1. The number of rotatable bonds is 5. The fourth-order valence-corrected chi connectivity index (χ4v) is 1.43. The number of ether oxygens (including phenoxy) is 2. The van der Waals surface area contributed by atoms with Crippen LogP contribution in [0.2, 0.25) is 0 Å². The van der Waals surface area contributed by atoms with Gasteiger partial charge < -0.3 is 14.7 Å². The first-order chi connectivity index (χ1) is 7.22. The van der Waals surface area contributed by atoms with Crippen LogP contribution in [-0.4, -0.2) is 18.9 Å². The van der Waals surface area contributed by atoms with Crippen molar-refractivity contribution >= 4 is 0 Å². The topological polar surface area (TPSA) is 50.7 Å². The Balaban J connectivity index is 3.05. The maximum Gasteiger partial charge on any atom is 0.123 e. The second-order valence-corrected chi connectivity index (χ2v) is 3.20. The van der Waals surface area contributed by atoms with Gasteiger partial charge in [0.05, 0.1) is 13.7 Å². The van der Waals surface area contributed by atoms with Crippen LogP contribution in [0.25, 0.3) is 0 Å². The molecule has 0 bridgehead atoms. The quantitative estimate of drug-likeness (QED) is 0.730. The Hall–Kier alpha value is -1.26. The van der Waals surface area contributed by atoms with Crippen LogP contribution in [0.4, 0.5) is 0 Å². The summed E-state index contributed by atoms with van der Waals surface area (Å²) in [5.74, 6) is 1.57. The highest BCUT2D eigenvalue weighted by Gasteiger charge is 2.08. The largest absolute Gasteiger partial charge is 0.496 e. The van der Waals surface area contributed by atoms with Gasteiger partial charge in [-0.3, -0.25) is 0 Å². The average molecular weight is 211 g/mol. The van der Waals surface area contributed by atoms with E-state index in [9.17, 15) is 0 Å². The van der Waals surface area contributed by atoms with Gasteiger partial charge >= 0.3 is 0 Å². The van der Waals surface area contributed by atoms with E-state index in [4.69, 9.17) is 14.7 Å². The van der Waals surface area contributed by atoms with Gasteiger partial charge in [0, 0.05) is 12.1 Å². The summed E-state index contributed by atoms with van der Waals surface area (Å²) in [5.41, 5.74) is 4.00. The van der Waals surface area contributed by atoms with Crippen molar-refractivity contribution in [2.24, 2.45) is 0 Å². The van der Waals surface area contributed by atoms with Gasteiger partial charge in [0.2, 0.25) is 0 Å². The van der Waals surface area contributed by atoms with E-state index in [-0.39, 0.29) is 0 Å². The van der Waals surface area contributed by atoms with Crippen LogP contribution in [0.3, 0.4) is 0 Å². The summed E-state index contributed by atoms with van der Waals surface area (Å²) in [6, 6.07) is 3.78. The predicted molar refractivity (Wildman–Crippen MR) is 57.5 cm³/mol. The van der Waals surface area contributed by atoms with Gasteiger partial charge in [-0.1, -0.05) is 0 Å². The molecular weight excluding hydrogens is 194 g/mol. The smallest absolute Gasteiger partial charge is 0.123 e. The highest BCUT2D eigenvalue weighted by Crippen LogP contribution is 2.28. The molecule has 0 fully saturated rings. The third-order valence-electron chi connectivity index (χ3n) is 2.15. The lowest BCUT2D eigenvalue weighted by molar-refractivity contribution is 0.160. The van der Waals surface area contributed by atoms with Crippen LogP contribution in [0.1, 0.15) is 18.1 Å². The Morgan fingerprint density at radius 3 is 2.60 bits per heavy atom. The van der Waals surface area contributed by atoms with E-state index in [0.29, 0.717) is 13.2 Å². The average Bonchev–Trinajstić information content (AvgIpc) is 2.23. The number of aryl methyl sites for hydroxylation is 1. The lowest BCUT2D eigenvalue weighted by Gasteiger charge is -2.13. The molecule has 1 aromatic rings. The SMILES string of the molecule is CCOc1cc(CNO)c(OC)cc1C. The zero-order valence-electron chi connectivity index (χ0n) is 9.33. The summed E-state index contributed by atoms with van der Waals surface area (Å²) in [4.78, 5) is 0. The molecule has 0 radical (unpaired) electrons. The summed E-state index contributed by atoms with van der Waals surface area (Å²) in [6.45, 7) is 4.86. The van der Waals surface area contributed by atoms with E-state index < -0.39 is 0 Å². The van der Waals surface area contributed by atoms with E-state index in [0.717, 1.165) is 22.6 Å². The molecule has 84 valence electrons. The minimum Gasteiger partial charge on any atom is -0.496 e. The number of hydroxylamine groups is 1. The molecule has 0 aliphatic heterocycles. The normalized spacial score (nSPS) is 10.1. The van der Waals surface area contributed by atoms with Gasteiger partial charge in [-0.25, -0.2) is 5.48 Å². The van der Waals surface area contributed by atoms with Crippen LogP contribution in [0, 0.1) is 6.92 Å². The number of hydrogen-bond donors (Lipinski definition) is 2. The van der Waals surface area contributed by atoms with Crippen molar-refractivity contribution in [2.45, 2.75) is 20.4 Å². The van der Waals surface area contributed by atoms with Gasteiger partial charge in [0.25, 0.3) is 0 Å². The van der Waals surface area contributed by atoms with Crippen molar-refractivity contribution in [3.63, 3.8) is 0 Å². The molecule has 4 heteroatoms. The van der Waals surface area contributed by atoms with Gasteiger partial charge in [-0.2, -0.15) is 0 Å². The fourth-order valence-electron chi connectivity index (χ4n) is 1.43. The minimum absolute atomic E-state index is 0.337. The lowest BCUT2D eigenvalue weighted by atomic mass is 10.1. The Bertz CT molecular complexity index is 326. The van der Waals surface area contributed by atoms with E-state index in [1.54, 1.807) is 7.11 Å². The second-order valence-electron chi connectivity index (χ2n) is 3.20. The molecule has 1 aromatic carbocycles. The Labute approximate surface area is 89.8 Å². The predicted octanol–water partition coefficient (Wildman–Crippen LogP) is 1.88. The van der Waals surface area contributed by atoms with Crippen molar-refractivity contribution in [1.82, 2.24) is 5.48 Å². The maximum absolute atomic E-state index is 8.68. The second kappa shape index (κ2) is 5.58. The van der Waals surface area contributed by atoms with E-state index in [2.05, 4.69) is 5.48 Å². The van der Waals surface area contributed by atoms with Gasteiger partial charge in [-0.15, -0.1) is 0 Å². The van der Waals surface area contributed by atoms with Crippen molar-refractivity contribution in [2.75, 3.05) is 13.7 Å². The Morgan fingerprint density at radius 1 is 1.33 bits per heavy atom. The molecule has 1 rings (SSSR count). The maximum atomic E-state index is 8.68. The molecule has 2 N–H and O–H groups in total. The Morgan fingerprint density at radius 2 is 2.07 bits per heavy atom. The molecule has 4 nitrogen and oxygen atoms in total. The molecule has 0 unspecified atom stereocenters. The van der Waals surface area contributed by atoms with Gasteiger partial charge in [0.1, 0.15) is 11.5 Å². The standard InChI is InChI=1S/C11H17NO3/c1-4-15-10-6-9(7-12-13)11(14-3)5-8(10)2/h5-6,12-13H,4,7H2,1-3H3. The lowest BCUT2D eigenvalue weighted by Crippen LogP contribution is -2.08. The fraction of sp³-hybridized carbons (Fsp3) is 0.455. The molecule has 0 saturated heterocycles. The number of nitrogens with one attached hydrogen (secondary N) is 1. The minimum atomic E-state index is 0.337. The zero-order valence-corrected chi connectivity index (χ0v) is 9.33. The summed E-state index contributed by atoms with van der Waals surface area (Å²) in [6.07, 6.45) is 0. The molecule has 0 aliphatic rings. The molecule has 15 heavy (non-hydrogen) atoms. The molecule has 0 spiro atoms. The zero-order chi connectivity index (χ0) is 11.3. The molecule has 0 aromatic heterocycles. The first-order valence-corrected chi connectivity index (χ1v) is 4.90. The number of hydrogen-bond acceptors (Lipinski definition) is 4. The van der Waals surface area contributed by atoms with Crippen LogP contribution >= 0.6 is 0 Å². The van der Waals surface area contributed by atoms with E-state index >= 15 is 0 Å². The third-order valence-corrected chi connectivity index (χ3v) is 2.15. The summed E-state index contributed by atoms with van der Waals surface area (Å²) in [5, 5.41) is 8.68. The molecule has 0 amide bonds. The summed E-state index contributed by atoms with van der Waals surface area (Å²) < 4.78 is 10.7. The molecular formula is C11H17NO3. The first kappa shape index (κ1) is 11.8. The van der Waals surface area contributed by atoms with Crippen LogP contribution in [0.5, 0.6) is 11.5 Å². The monoisotopic (exact) mass is 211 g/mol. The van der Waals surface area contributed by atoms with Gasteiger partial charge in [-0.05, 0) is 31.5 Å². The highest BCUT2D eigenvalue weighted by atomic mass is 16.5. The van der Waals surface area contributed by atoms with E-state index in [1.807, 2.05) is 26.0 Å². The summed E-state index contributed by atoms with van der Waals surface area (Å²) in [7, 11) is 1.61. The third kappa shape index (κ3) is 2.84. The number of benzene rings is 1. The molecule has 0 aliphatic carbocycles. The van der Waals surface area contributed by atoms with Crippen LogP contribution < -0.4 is 15.0 Å². The molecule has 0 saturated carbocycles. The molecule has 0 atom stereocenters.